The number of piperazine rings is 1. The van der Waals surface area contributed by atoms with Gasteiger partial charge < -0.3 is 5.32 Å². The molecule has 88 valence electrons. The molecule has 0 unspecified atom stereocenters. The average Bonchev–Trinajstić information content (AvgIpc) is 2.33. The SMILES string of the molecule is CC[C@@H]1CN(Cc2ccccc2)[C@@H](C)CN1. The summed E-state index contributed by atoms with van der Waals surface area (Å²) < 4.78 is 0. The Hall–Kier alpha value is -0.860. The molecule has 0 aromatic heterocycles. The van der Waals surface area contributed by atoms with Gasteiger partial charge in [0.25, 0.3) is 0 Å². The lowest BCUT2D eigenvalue weighted by Gasteiger charge is -2.38. The summed E-state index contributed by atoms with van der Waals surface area (Å²) in [5, 5.41) is 3.59. The molecule has 1 fully saturated rings. The van der Waals surface area contributed by atoms with Gasteiger partial charge in [0.05, 0.1) is 0 Å². The molecule has 0 radical (unpaired) electrons. The molecule has 1 N–H and O–H groups in total. The minimum atomic E-state index is 0.642. The van der Waals surface area contributed by atoms with Crippen molar-refractivity contribution in [1.29, 1.82) is 0 Å². The van der Waals surface area contributed by atoms with Crippen LogP contribution in [-0.4, -0.2) is 30.1 Å². The molecule has 0 spiro atoms. The van der Waals surface area contributed by atoms with Gasteiger partial charge in [0, 0.05) is 31.7 Å². The third kappa shape index (κ3) is 2.83. The summed E-state index contributed by atoms with van der Waals surface area (Å²) in [4.78, 5) is 2.58. The molecular formula is C14H22N2. The van der Waals surface area contributed by atoms with Gasteiger partial charge in [-0.2, -0.15) is 0 Å². The fourth-order valence-corrected chi connectivity index (χ4v) is 2.31. The van der Waals surface area contributed by atoms with Crippen LogP contribution in [0.4, 0.5) is 0 Å². The maximum Gasteiger partial charge on any atom is 0.0237 e. The maximum absolute atomic E-state index is 3.59. The van der Waals surface area contributed by atoms with E-state index in [1.54, 1.807) is 0 Å². The van der Waals surface area contributed by atoms with Crippen LogP contribution < -0.4 is 5.32 Å². The Bertz CT molecular complexity index is 310. The highest BCUT2D eigenvalue weighted by Gasteiger charge is 2.23. The zero-order valence-electron chi connectivity index (χ0n) is 10.3. The molecular weight excluding hydrogens is 196 g/mol. The van der Waals surface area contributed by atoms with Crippen molar-refractivity contribution < 1.29 is 0 Å². The van der Waals surface area contributed by atoms with E-state index >= 15 is 0 Å². The molecule has 1 aromatic carbocycles. The monoisotopic (exact) mass is 218 g/mol. The van der Waals surface area contributed by atoms with Gasteiger partial charge in [-0.15, -0.1) is 0 Å². The topological polar surface area (TPSA) is 15.3 Å². The molecule has 0 aliphatic carbocycles. The molecule has 2 atom stereocenters. The summed E-state index contributed by atoms with van der Waals surface area (Å²) in [6, 6.07) is 12.1. The lowest BCUT2D eigenvalue weighted by molar-refractivity contribution is 0.131. The molecule has 2 rings (SSSR count). The van der Waals surface area contributed by atoms with Gasteiger partial charge in [0.1, 0.15) is 0 Å². The molecule has 2 nitrogen and oxygen atoms in total. The second-order valence-corrected chi connectivity index (χ2v) is 4.78. The van der Waals surface area contributed by atoms with Gasteiger partial charge in [-0.05, 0) is 18.9 Å². The summed E-state index contributed by atoms with van der Waals surface area (Å²) in [6.07, 6.45) is 1.22. The van der Waals surface area contributed by atoms with Crippen molar-refractivity contribution in [3.8, 4) is 0 Å². The number of hydrogen-bond donors (Lipinski definition) is 1. The van der Waals surface area contributed by atoms with Gasteiger partial charge in [-0.1, -0.05) is 37.3 Å². The maximum atomic E-state index is 3.59. The van der Waals surface area contributed by atoms with Gasteiger partial charge >= 0.3 is 0 Å². The third-order valence-corrected chi connectivity index (χ3v) is 3.50. The van der Waals surface area contributed by atoms with Gasteiger partial charge in [0.15, 0.2) is 0 Å². The van der Waals surface area contributed by atoms with E-state index in [1.165, 1.54) is 18.5 Å². The number of benzene rings is 1. The van der Waals surface area contributed by atoms with E-state index in [4.69, 9.17) is 0 Å². The second-order valence-electron chi connectivity index (χ2n) is 4.78. The Morgan fingerprint density at radius 1 is 1.31 bits per heavy atom. The average molecular weight is 218 g/mol. The Labute approximate surface area is 98.7 Å². The van der Waals surface area contributed by atoms with Crippen LogP contribution in [0, 0.1) is 0 Å². The molecule has 0 amide bonds. The molecule has 16 heavy (non-hydrogen) atoms. The van der Waals surface area contributed by atoms with E-state index in [0.29, 0.717) is 12.1 Å². The summed E-state index contributed by atoms with van der Waals surface area (Å²) in [5.74, 6) is 0. The van der Waals surface area contributed by atoms with E-state index in [2.05, 4.69) is 54.4 Å². The molecule has 2 heteroatoms. The van der Waals surface area contributed by atoms with Crippen LogP contribution in [0.5, 0.6) is 0 Å². The molecule has 1 aliphatic heterocycles. The van der Waals surface area contributed by atoms with E-state index in [0.717, 1.165) is 13.1 Å². The minimum absolute atomic E-state index is 0.642. The molecule has 1 heterocycles. The summed E-state index contributed by atoms with van der Waals surface area (Å²) >= 11 is 0. The van der Waals surface area contributed by atoms with Gasteiger partial charge in [-0.25, -0.2) is 0 Å². The van der Waals surface area contributed by atoms with E-state index < -0.39 is 0 Å². The zero-order chi connectivity index (χ0) is 11.4. The predicted molar refractivity (Wildman–Crippen MR) is 68.4 cm³/mol. The summed E-state index contributed by atoms with van der Waals surface area (Å²) in [7, 11) is 0. The normalized spacial score (nSPS) is 26.9. The third-order valence-electron chi connectivity index (χ3n) is 3.50. The molecule has 0 bridgehead atoms. The van der Waals surface area contributed by atoms with E-state index in [-0.39, 0.29) is 0 Å². The molecule has 0 saturated carbocycles. The van der Waals surface area contributed by atoms with Crippen LogP contribution in [0.25, 0.3) is 0 Å². The molecule has 1 saturated heterocycles. The highest BCUT2D eigenvalue weighted by atomic mass is 15.2. The van der Waals surface area contributed by atoms with Crippen molar-refractivity contribution in [2.45, 2.75) is 38.9 Å². The Balaban J connectivity index is 1.97. The minimum Gasteiger partial charge on any atom is -0.311 e. The largest absolute Gasteiger partial charge is 0.311 e. The molecule has 1 aliphatic rings. The zero-order valence-corrected chi connectivity index (χ0v) is 10.3. The van der Waals surface area contributed by atoms with Crippen LogP contribution in [0.2, 0.25) is 0 Å². The predicted octanol–water partition coefficient (Wildman–Crippen LogP) is 2.26. The van der Waals surface area contributed by atoms with Crippen molar-refractivity contribution in [3.05, 3.63) is 35.9 Å². The van der Waals surface area contributed by atoms with Gasteiger partial charge in [-0.3, -0.25) is 4.90 Å². The first-order chi connectivity index (χ1) is 7.79. The van der Waals surface area contributed by atoms with Crippen molar-refractivity contribution in [1.82, 2.24) is 10.2 Å². The number of nitrogens with zero attached hydrogens (tertiary/aromatic N) is 1. The fraction of sp³-hybridized carbons (Fsp3) is 0.571. The smallest absolute Gasteiger partial charge is 0.0237 e. The highest BCUT2D eigenvalue weighted by Crippen LogP contribution is 2.13. The van der Waals surface area contributed by atoms with Crippen molar-refractivity contribution in [2.24, 2.45) is 0 Å². The van der Waals surface area contributed by atoms with E-state index in [9.17, 15) is 0 Å². The van der Waals surface area contributed by atoms with Crippen LogP contribution in [0.1, 0.15) is 25.8 Å². The van der Waals surface area contributed by atoms with Crippen LogP contribution in [0.3, 0.4) is 0 Å². The first-order valence-electron chi connectivity index (χ1n) is 6.31. The first-order valence-corrected chi connectivity index (χ1v) is 6.31. The Kier molecular flexibility index (Phi) is 3.97. The van der Waals surface area contributed by atoms with Crippen LogP contribution in [0.15, 0.2) is 30.3 Å². The first kappa shape index (κ1) is 11.6. The lowest BCUT2D eigenvalue weighted by Crippen LogP contribution is -2.54. The highest BCUT2D eigenvalue weighted by molar-refractivity contribution is 5.14. The van der Waals surface area contributed by atoms with Crippen molar-refractivity contribution in [2.75, 3.05) is 13.1 Å². The summed E-state index contributed by atoms with van der Waals surface area (Å²) in [6.45, 7) is 7.94. The van der Waals surface area contributed by atoms with Gasteiger partial charge in [0.2, 0.25) is 0 Å². The van der Waals surface area contributed by atoms with Crippen LogP contribution >= 0.6 is 0 Å². The lowest BCUT2D eigenvalue weighted by atomic mass is 10.1. The second kappa shape index (κ2) is 5.46. The Morgan fingerprint density at radius 3 is 2.75 bits per heavy atom. The fourth-order valence-electron chi connectivity index (χ4n) is 2.31. The number of rotatable bonds is 3. The number of hydrogen-bond acceptors (Lipinski definition) is 2. The quantitative estimate of drug-likeness (QED) is 0.837. The van der Waals surface area contributed by atoms with Crippen molar-refractivity contribution in [3.63, 3.8) is 0 Å². The Morgan fingerprint density at radius 2 is 2.06 bits per heavy atom. The van der Waals surface area contributed by atoms with Crippen molar-refractivity contribution >= 4 is 0 Å². The number of nitrogens with one attached hydrogen (secondary N) is 1. The standard InChI is InChI=1S/C14H22N2/c1-3-14-11-16(12(2)9-15-14)10-13-7-5-4-6-8-13/h4-8,12,14-15H,3,9-11H2,1-2H3/t12-,14+/m0/s1. The van der Waals surface area contributed by atoms with E-state index in [1.807, 2.05) is 0 Å². The van der Waals surface area contributed by atoms with Crippen LogP contribution in [-0.2, 0) is 6.54 Å². The molecule has 1 aromatic rings. The summed E-state index contributed by atoms with van der Waals surface area (Å²) in [5.41, 5.74) is 1.42.